The van der Waals surface area contributed by atoms with Gasteiger partial charge >= 0.3 is 5.97 Å². The van der Waals surface area contributed by atoms with Crippen molar-refractivity contribution < 1.29 is 28.8 Å². The van der Waals surface area contributed by atoms with Crippen LogP contribution >= 0.6 is 0 Å². The lowest BCUT2D eigenvalue weighted by Gasteiger charge is -2.26. The minimum absolute atomic E-state index is 0.190. The third-order valence-corrected chi connectivity index (χ3v) is 4.30. The molecule has 0 fully saturated rings. The molecule has 0 aliphatic carbocycles. The van der Waals surface area contributed by atoms with Gasteiger partial charge in [-0.05, 0) is 25.1 Å². The second kappa shape index (κ2) is 6.72. The van der Waals surface area contributed by atoms with Gasteiger partial charge in [-0.15, -0.1) is 0 Å². The molecule has 1 atom stereocenters. The Hall–Kier alpha value is -2.99. The van der Waals surface area contributed by atoms with E-state index < -0.39 is 11.8 Å². The SMILES string of the molecule is CC=Cc1cc(OC)cc(C2(O)OC(=O)c3c(OC)cccc32)c1OC. The summed E-state index contributed by atoms with van der Waals surface area (Å²) in [4.78, 5) is 12.5. The van der Waals surface area contributed by atoms with Gasteiger partial charge in [-0.3, -0.25) is 0 Å². The van der Waals surface area contributed by atoms with Crippen molar-refractivity contribution in [1.82, 2.24) is 0 Å². The number of aliphatic hydroxyl groups is 1. The van der Waals surface area contributed by atoms with Crippen molar-refractivity contribution in [1.29, 1.82) is 0 Å². The highest BCUT2D eigenvalue weighted by Crippen LogP contribution is 2.48. The molecule has 0 radical (unpaired) electrons. The van der Waals surface area contributed by atoms with Gasteiger partial charge in [0.2, 0.25) is 0 Å². The molecule has 1 unspecified atom stereocenters. The summed E-state index contributed by atoms with van der Waals surface area (Å²) in [6, 6.07) is 8.31. The highest BCUT2D eigenvalue weighted by Gasteiger charge is 2.49. The lowest BCUT2D eigenvalue weighted by atomic mass is 9.92. The number of ether oxygens (including phenoxy) is 4. The Morgan fingerprint density at radius 1 is 1.08 bits per heavy atom. The molecule has 1 aliphatic heterocycles. The lowest BCUT2D eigenvalue weighted by Crippen LogP contribution is -2.28. The van der Waals surface area contributed by atoms with Crippen molar-refractivity contribution in [2.45, 2.75) is 12.7 Å². The molecule has 2 aromatic rings. The summed E-state index contributed by atoms with van der Waals surface area (Å²) in [5.74, 6) is -1.47. The second-order valence-corrected chi connectivity index (χ2v) is 5.71. The predicted octanol–water partition coefficient (Wildman–Crippen LogP) is 3.11. The van der Waals surface area contributed by atoms with Crippen molar-refractivity contribution in [2.75, 3.05) is 21.3 Å². The van der Waals surface area contributed by atoms with E-state index in [1.54, 1.807) is 30.3 Å². The number of allylic oxidation sites excluding steroid dienone is 1. The molecule has 0 spiro atoms. The summed E-state index contributed by atoms with van der Waals surface area (Å²) in [6.45, 7) is 1.86. The van der Waals surface area contributed by atoms with Crippen LogP contribution in [-0.4, -0.2) is 32.4 Å². The lowest BCUT2D eigenvalue weighted by molar-refractivity contribution is -0.130. The van der Waals surface area contributed by atoms with Gasteiger partial charge in [-0.1, -0.05) is 24.3 Å². The van der Waals surface area contributed by atoms with E-state index in [0.717, 1.165) is 0 Å². The van der Waals surface area contributed by atoms with Crippen LogP contribution in [0.25, 0.3) is 6.08 Å². The summed E-state index contributed by atoms with van der Waals surface area (Å²) >= 11 is 0. The third kappa shape index (κ3) is 2.59. The van der Waals surface area contributed by atoms with Gasteiger partial charge in [-0.2, -0.15) is 0 Å². The van der Waals surface area contributed by atoms with Crippen LogP contribution in [0, 0.1) is 0 Å². The number of hydrogen-bond donors (Lipinski definition) is 1. The zero-order valence-corrected chi connectivity index (χ0v) is 15.0. The Balaban J connectivity index is 2.31. The maximum absolute atomic E-state index is 12.5. The van der Waals surface area contributed by atoms with Crippen LogP contribution in [0.4, 0.5) is 0 Å². The van der Waals surface area contributed by atoms with E-state index in [0.29, 0.717) is 28.4 Å². The highest BCUT2D eigenvalue weighted by atomic mass is 16.7. The van der Waals surface area contributed by atoms with Gasteiger partial charge in [-0.25, -0.2) is 4.79 Å². The molecule has 1 N–H and O–H groups in total. The average molecular weight is 356 g/mol. The van der Waals surface area contributed by atoms with Gasteiger partial charge in [0.1, 0.15) is 22.8 Å². The molecule has 1 aliphatic rings. The fourth-order valence-electron chi connectivity index (χ4n) is 3.16. The zero-order chi connectivity index (χ0) is 18.9. The monoisotopic (exact) mass is 356 g/mol. The largest absolute Gasteiger partial charge is 0.497 e. The van der Waals surface area contributed by atoms with Crippen LogP contribution in [0.1, 0.15) is 34.0 Å². The van der Waals surface area contributed by atoms with E-state index in [2.05, 4.69) is 0 Å². The summed E-state index contributed by atoms with van der Waals surface area (Å²) < 4.78 is 21.5. The summed E-state index contributed by atoms with van der Waals surface area (Å²) in [6.07, 6.45) is 3.65. The predicted molar refractivity (Wildman–Crippen MR) is 95.7 cm³/mol. The number of carbonyl (C=O) groups excluding carboxylic acids is 1. The van der Waals surface area contributed by atoms with E-state index in [1.165, 1.54) is 21.3 Å². The molecule has 3 rings (SSSR count). The number of esters is 1. The highest BCUT2D eigenvalue weighted by molar-refractivity contribution is 5.98. The molecule has 1 heterocycles. The zero-order valence-electron chi connectivity index (χ0n) is 15.0. The minimum Gasteiger partial charge on any atom is -0.497 e. The van der Waals surface area contributed by atoms with Crippen molar-refractivity contribution in [3.8, 4) is 17.2 Å². The van der Waals surface area contributed by atoms with E-state index >= 15 is 0 Å². The fraction of sp³-hybridized carbons (Fsp3) is 0.250. The number of benzene rings is 2. The molecule has 6 nitrogen and oxygen atoms in total. The Morgan fingerprint density at radius 2 is 1.85 bits per heavy atom. The Morgan fingerprint density at radius 3 is 2.46 bits per heavy atom. The normalized spacial score (nSPS) is 18.6. The molecule has 0 aromatic heterocycles. The van der Waals surface area contributed by atoms with Gasteiger partial charge in [0.05, 0.1) is 26.9 Å². The first-order chi connectivity index (χ1) is 12.5. The maximum Gasteiger partial charge on any atom is 0.345 e. The standard InChI is InChI=1S/C20H20O6/c1-5-7-12-10-13(23-2)11-15(18(12)25-4)20(22)14-8-6-9-16(24-3)17(14)19(21)26-20/h5-11,22H,1-4H3. The summed E-state index contributed by atoms with van der Waals surface area (Å²) in [5, 5.41) is 11.4. The molecule has 0 saturated heterocycles. The first kappa shape index (κ1) is 17.8. The van der Waals surface area contributed by atoms with E-state index in [4.69, 9.17) is 18.9 Å². The Kier molecular flexibility index (Phi) is 4.61. The van der Waals surface area contributed by atoms with Crippen LogP contribution in [-0.2, 0) is 10.5 Å². The molecule has 6 heteroatoms. The van der Waals surface area contributed by atoms with Gasteiger partial charge < -0.3 is 24.1 Å². The fourth-order valence-corrected chi connectivity index (χ4v) is 3.16. The van der Waals surface area contributed by atoms with Crippen LogP contribution in [0.15, 0.2) is 36.4 Å². The van der Waals surface area contributed by atoms with Crippen molar-refractivity contribution in [3.63, 3.8) is 0 Å². The molecule has 0 saturated carbocycles. The van der Waals surface area contributed by atoms with E-state index in [9.17, 15) is 9.90 Å². The molecule has 2 aromatic carbocycles. The average Bonchev–Trinajstić information content (AvgIpc) is 2.93. The Labute approximate surface area is 151 Å². The van der Waals surface area contributed by atoms with Crippen LogP contribution in [0.2, 0.25) is 0 Å². The van der Waals surface area contributed by atoms with E-state index in [-0.39, 0.29) is 11.1 Å². The number of hydrogen-bond acceptors (Lipinski definition) is 6. The summed E-state index contributed by atoms with van der Waals surface area (Å²) in [5.41, 5.74) is 1.44. The first-order valence-corrected chi connectivity index (χ1v) is 8.02. The number of carbonyl (C=O) groups is 1. The second-order valence-electron chi connectivity index (χ2n) is 5.71. The van der Waals surface area contributed by atoms with Crippen LogP contribution < -0.4 is 14.2 Å². The topological polar surface area (TPSA) is 74.2 Å². The molecule has 0 bridgehead atoms. The third-order valence-electron chi connectivity index (χ3n) is 4.30. The van der Waals surface area contributed by atoms with Crippen molar-refractivity contribution >= 4 is 12.0 Å². The maximum atomic E-state index is 12.5. The molecular weight excluding hydrogens is 336 g/mol. The van der Waals surface area contributed by atoms with E-state index in [1.807, 2.05) is 19.1 Å². The number of methoxy groups -OCH3 is 3. The quantitative estimate of drug-likeness (QED) is 0.830. The van der Waals surface area contributed by atoms with Gasteiger partial charge in [0.15, 0.2) is 0 Å². The minimum atomic E-state index is -2.02. The molecular formula is C20H20O6. The number of fused-ring (bicyclic) bond motifs is 1. The van der Waals surface area contributed by atoms with Crippen molar-refractivity contribution in [2.24, 2.45) is 0 Å². The molecule has 0 amide bonds. The Bertz CT molecular complexity index is 886. The molecule has 136 valence electrons. The van der Waals surface area contributed by atoms with Gasteiger partial charge in [0.25, 0.3) is 5.79 Å². The first-order valence-electron chi connectivity index (χ1n) is 8.02. The van der Waals surface area contributed by atoms with Crippen LogP contribution in [0.5, 0.6) is 17.2 Å². The van der Waals surface area contributed by atoms with Crippen LogP contribution in [0.3, 0.4) is 0 Å². The number of cyclic esters (lactones) is 1. The van der Waals surface area contributed by atoms with Crippen molar-refractivity contribution in [3.05, 3.63) is 58.7 Å². The molecule has 26 heavy (non-hydrogen) atoms. The van der Waals surface area contributed by atoms with Gasteiger partial charge in [0, 0.05) is 11.1 Å². The summed E-state index contributed by atoms with van der Waals surface area (Å²) in [7, 11) is 4.47. The number of rotatable bonds is 5. The smallest absolute Gasteiger partial charge is 0.345 e.